The second-order valence-corrected chi connectivity index (χ2v) is 3.62. The molecule has 0 saturated carbocycles. The maximum Gasteiger partial charge on any atom is 0.320 e. The first kappa shape index (κ1) is 13.2. The Balaban J connectivity index is 2.92. The van der Waals surface area contributed by atoms with Gasteiger partial charge in [-0.25, -0.2) is 0 Å². The molecule has 0 fully saturated rings. The van der Waals surface area contributed by atoms with Crippen molar-refractivity contribution in [2.45, 2.75) is 6.42 Å². The van der Waals surface area contributed by atoms with Crippen molar-refractivity contribution < 1.29 is 19.1 Å². The largest absolute Gasteiger partial charge is 0.468 e. The van der Waals surface area contributed by atoms with Gasteiger partial charge in [-0.2, -0.15) is 0 Å². The summed E-state index contributed by atoms with van der Waals surface area (Å²) in [7, 11) is 2.53. The Kier molecular flexibility index (Phi) is 5.20. The molecule has 4 heteroatoms. The molecular weight excluding hydrogens is 220 g/mol. The van der Waals surface area contributed by atoms with E-state index < -0.39 is 17.9 Å². The lowest BCUT2D eigenvalue weighted by Crippen LogP contribution is -2.32. The van der Waals surface area contributed by atoms with E-state index >= 15 is 0 Å². The van der Waals surface area contributed by atoms with Crippen molar-refractivity contribution >= 4 is 11.9 Å². The molecule has 0 N–H and O–H groups in total. The molecule has 1 atom stereocenters. The molecular formula is C13H16O4. The standard InChI is InChI=1S/C13H16O4/c1-16-12(14)11(13(15)17-2)10-8-6-4-3-5-7-9-10/h3-8,10-11H,9H2,1-2H3/b4-3-,7-5-,8-6-. The van der Waals surface area contributed by atoms with Crippen molar-refractivity contribution in [3.8, 4) is 0 Å². The number of carbonyl (C=O) groups excluding carboxylic acids is 2. The highest BCUT2D eigenvalue weighted by Crippen LogP contribution is 2.22. The fourth-order valence-electron chi connectivity index (χ4n) is 1.67. The summed E-state index contributed by atoms with van der Waals surface area (Å²) in [6.45, 7) is 0. The lowest BCUT2D eigenvalue weighted by atomic mass is 9.88. The molecule has 0 aliphatic heterocycles. The number of carbonyl (C=O) groups is 2. The molecule has 0 heterocycles. The van der Waals surface area contributed by atoms with Crippen molar-refractivity contribution in [1.82, 2.24) is 0 Å². The zero-order chi connectivity index (χ0) is 12.7. The SMILES string of the molecule is COC(=O)C(C(=O)OC)C1\C=C/C=C\C=C/C1. The van der Waals surface area contributed by atoms with Crippen LogP contribution in [0.15, 0.2) is 36.5 Å². The Hall–Kier alpha value is -1.84. The van der Waals surface area contributed by atoms with Crippen LogP contribution in [-0.4, -0.2) is 26.2 Å². The Morgan fingerprint density at radius 1 is 1.06 bits per heavy atom. The highest BCUT2D eigenvalue weighted by molar-refractivity contribution is 5.95. The van der Waals surface area contributed by atoms with Crippen LogP contribution in [0.2, 0.25) is 0 Å². The molecule has 0 amide bonds. The van der Waals surface area contributed by atoms with Crippen LogP contribution in [0.1, 0.15) is 6.42 Å². The molecule has 0 aromatic rings. The zero-order valence-electron chi connectivity index (χ0n) is 9.96. The van der Waals surface area contributed by atoms with Crippen LogP contribution in [0.5, 0.6) is 0 Å². The maximum absolute atomic E-state index is 11.6. The minimum absolute atomic E-state index is 0.240. The number of allylic oxidation sites excluding steroid dienone is 6. The van der Waals surface area contributed by atoms with Gasteiger partial charge in [-0.05, 0) is 6.42 Å². The van der Waals surface area contributed by atoms with Crippen LogP contribution < -0.4 is 0 Å². The van der Waals surface area contributed by atoms with E-state index in [0.29, 0.717) is 6.42 Å². The van der Waals surface area contributed by atoms with Gasteiger partial charge in [0, 0.05) is 5.92 Å². The van der Waals surface area contributed by atoms with Crippen LogP contribution in [0.3, 0.4) is 0 Å². The quantitative estimate of drug-likeness (QED) is 0.552. The summed E-state index contributed by atoms with van der Waals surface area (Å²) in [4.78, 5) is 23.2. The van der Waals surface area contributed by atoms with Crippen molar-refractivity contribution in [1.29, 1.82) is 0 Å². The number of esters is 2. The Morgan fingerprint density at radius 3 is 2.24 bits per heavy atom. The van der Waals surface area contributed by atoms with E-state index in [2.05, 4.69) is 9.47 Å². The van der Waals surface area contributed by atoms with E-state index in [1.165, 1.54) is 14.2 Å². The van der Waals surface area contributed by atoms with Crippen LogP contribution in [0, 0.1) is 11.8 Å². The molecule has 0 saturated heterocycles. The smallest absolute Gasteiger partial charge is 0.320 e. The number of hydrogen-bond acceptors (Lipinski definition) is 4. The van der Waals surface area contributed by atoms with Gasteiger partial charge in [0.1, 0.15) is 0 Å². The van der Waals surface area contributed by atoms with Crippen molar-refractivity contribution in [3.63, 3.8) is 0 Å². The van der Waals surface area contributed by atoms with Crippen LogP contribution in [0.25, 0.3) is 0 Å². The van der Waals surface area contributed by atoms with Gasteiger partial charge in [0.15, 0.2) is 5.92 Å². The second kappa shape index (κ2) is 6.68. The van der Waals surface area contributed by atoms with E-state index in [1.807, 2.05) is 36.5 Å². The van der Waals surface area contributed by atoms with Crippen molar-refractivity contribution in [2.75, 3.05) is 14.2 Å². The predicted molar refractivity (Wildman–Crippen MR) is 63.0 cm³/mol. The summed E-state index contributed by atoms with van der Waals surface area (Å²) in [5, 5.41) is 0. The molecule has 0 spiro atoms. The summed E-state index contributed by atoms with van der Waals surface area (Å²) < 4.78 is 9.29. The third kappa shape index (κ3) is 3.59. The molecule has 1 unspecified atom stereocenters. The molecule has 0 bridgehead atoms. The van der Waals surface area contributed by atoms with E-state index in [-0.39, 0.29) is 5.92 Å². The monoisotopic (exact) mass is 236 g/mol. The Morgan fingerprint density at radius 2 is 1.65 bits per heavy atom. The van der Waals surface area contributed by atoms with E-state index in [9.17, 15) is 9.59 Å². The molecule has 0 aromatic heterocycles. The lowest BCUT2D eigenvalue weighted by molar-refractivity contribution is -0.160. The first-order valence-corrected chi connectivity index (χ1v) is 5.36. The van der Waals surface area contributed by atoms with Gasteiger partial charge in [-0.15, -0.1) is 0 Å². The highest BCUT2D eigenvalue weighted by Gasteiger charge is 2.34. The molecule has 1 rings (SSSR count). The third-order valence-electron chi connectivity index (χ3n) is 2.57. The van der Waals surface area contributed by atoms with Gasteiger partial charge in [-0.3, -0.25) is 9.59 Å². The summed E-state index contributed by atoms with van der Waals surface area (Å²) >= 11 is 0. The normalized spacial score (nSPS) is 24.3. The van der Waals surface area contributed by atoms with Crippen molar-refractivity contribution in [3.05, 3.63) is 36.5 Å². The lowest BCUT2D eigenvalue weighted by Gasteiger charge is -2.19. The molecule has 1 aliphatic rings. The third-order valence-corrected chi connectivity index (χ3v) is 2.57. The number of ether oxygens (including phenoxy) is 2. The van der Waals surface area contributed by atoms with Gasteiger partial charge < -0.3 is 9.47 Å². The average molecular weight is 236 g/mol. The van der Waals surface area contributed by atoms with Crippen LogP contribution in [-0.2, 0) is 19.1 Å². The Bertz CT molecular complexity index is 350. The number of rotatable bonds is 3. The first-order chi connectivity index (χ1) is 8.20. The Labute approximate surface area is 101 Å². The second-order valence-electron chi connectivity index (χ2n) is 3.62. The predicted octanol–water partition coefficient (Wildman–Crippen LogP) is 1.64. The summed E-state index contributed by atoms with van der Waals surface area (Å²) in [6, 6.07) is 0. The minimum atomic E-state index is -0.905. The minimum Gasteiger partial charge on any atom is -0.468 e. The molecule has 1 aliphatic carbocycles. The van der Waals surface area contributed by atoms with Gasteiger partial charge in [0.25, 0.3) is 0 Å². The molecule has 0 radical (unpaired) electrons. The topological polar surface area (TPSA) is 52.6 Å². The van der Waals surface area contributed by atoms with E-state index in [4.69, 9.17) is 0 Å². The van der Waals surface area contributed by atoms with E-state index in [0.717, 1.165) is 0 Å². The molecule has 0 aromatic carbocycles. The summed E-state index contributed by atoms with van der Waals surface area (Å²) in [5.41, 5.74) is 0. The average Bonchev–Trinajstić information content (AvgIpc) is 2.31. The van der Waals surface area contributed by atoms with Gasteiger partial charge in [-0.1, -0.05) is 36.5 Å². The van der Waals surface area contributed by atoms with E-state index in [1.54, 1.807) is 0 Å². The fraction of sp³-hybridized carbons (Fsp3) is 0.385. The fourth-order valence-corrected chi connectivity index (χ4v) is 1.67. The van der Waals surface area contributed by atoms with Crippen LogP contribution in [0.4, 0.5) is 0 Å². The number of hydrogen-bond donors (Lipinski definition) is 0. The number of methoxy groups -OCH3 is 2. The van der Waals surface area contributed by atoms with Gasteiger partial charge in [0.2, 0.25) is 0 Å². The summed E-state index contributed by atoms with van der Waals surface area (Å²) in [5.74, 6) is -2.28. The van der Waals surface area contributed by atoms with Crippen molar-refractivity contribution in [2.24, 2.45) is 11.8 Å². The molecule has 17 heavy (non-hydrogen) atoms. The first-order valence-electron chi connectivity index (χ1n) is 5.36. The summed E-state index contributed by atoms with van der Waals surface area (Å²) in [6.07, 6.45) is 11.7. The zero-order valence-corrected chi connectivity index (χ0v) is 9.96. The van der Waals surface area contributed by atoms with Crippen LogP contribution >= 0.6 is 0 Å². The van der Waals surface area contributed by atoms with Gasteiger partial charge >= 0.3 is 11.9 Å². The van der Waals surface area contributed by atoms with Gasteiger partial charge in [0.05, 0.1) is 14.2 Å². The molecule has 92 valence electrons. The molecule has 4 nitrogen and oxygen atoms in total. The highest BCUT2D eigenvalue weighted by atomic mass is 16.5. The maximum atomic E-state index is 11.6.